The molecule has 0 spiro atoms. The molecular formula is C14H20O2. The fraction of sp³-hybridized carbons (Fsp3) is 0.643. The van der Waals surface area contributed by atoms with E-state index in [0.29, 0.717) is 5.92 Å². The van der Waals surface area contributed by atoms with Gasteiger partial charge in [0.1, 0.15) is 0 Å². The first-order chi connectivity index (χ1) is 7.77. The van der Waals surface area contributed by atoms with Crippen molar-refractivity contribution in [3.63, 3.8) is 0 Å². The summed E-state index contributed by atoms with van der Waals surface area (Å²) < 4.78 is 4.91. The van der Waals surface area contributed by atoms with Crippen LogP contribution in [0.3, 0.4) is 0 Å². The Kier molecular flexibility index (Phi) is 3.47. The Morgan fingerprint density at radius 1 is 1.50 bits per heavy atom. The Hall–Kier alpha value is -1.05. The van der Waals surface area contributed by atoms with E-state index in [2.05, 4.69) is 19.1 Å². The second-order valence-electron chi connectivity index (χ2n) is 4.65. The molecule has 0 N–H and O–H groups in total. The van der Waals surface area contributed by atoms with Gasteiger partial charge in [0.05, 0.1) is 13.0 Å². The van der Waals surface area contributed by atoms with Crippen LogP contribution in [0, 0.1) is 11.8 Å². The van der Waals surface area contributed by atoms with Crippen LogP contribution >= 0.6 is 0 Å². The molecule has 0 heterocycles. The molecule has 2 aliphatic carbocycles. The number of hydrogen-bond acceptors (Lipinski definition) is 2. The van der Waals surface area contributed by atoms with Crippen LogP contribution in [-0.4, -0.2) is 13.1 Å². The third kappa shape index (κ3) is 1.93. The fourth-order valence-electron chi connectivity index (χ4n) is 3.03. The molecule has 0 amide bonds. The maximum absolute atomic E-state index is 11.7. The first kappa shape index (κ1) is 11.4. The molecule has 0 bridgehead atoms. The predicted octanol–water partition coefficient (Wildman–Crippen LogP) is 3.24. The summed E-state index contributed by atoms with van der Waals surface area (Å²) in [5, 5.41) is 0. The highest BCUT2D eigenvalue weighted by Crippen LogP contribution is 2.43. The summed E-state index contributed by atoms with van der Waals surface area (Å²) in [6.07, 6.45) is 10.1. The third-order valence-corrected chi connectivity index (χ3v) is 3.85. The van der Waals surface area contributed by atoms with Crippen LogP contribution in [0.5, 0.6) is 0 Å². The molecule has 0 aromatic rings. The molecule has 0 aromatic heterocycles. The zero-order chi connectivity index (χ0) is 11.5. The fourth-order valence-corrected chi connectivity index (χ4v) is 3.03. The standard InChI is InChI=1S/C14H20O2/c1-3-11(14(15)16-2)13-9-8-10-6-4-5-7-12(10)13/h6-7,11,13H,3-5,8-9H2,1-2H3. The van der Waals surface area contributed by atoms with E-state index in [1.54, 1.807) is 0 Å². The Morgan fingerprint density at radius 3 is 2.94 bits per heavy atom. The normalized spacial score (nSPS) is 25.5. The molecule has 2 unspecified atom stereocenters. The molecule has 88 valence electrons. The Bertz CT molecular complexity index is 339. The number of carbonyl (C=O) groups is 1. The van der Waals surface area contributed by atoms with E-state index in [0.717, 1.165) is 25.7 Å². The average Bonchev–Trinajstić information content (AvgIpc) is 2.74. The van der Waals surface area contributed by atoms with Gasteiger partial charge in [-0.2, -0.15) is 0 Å². The van der Waals surface area contributed by atoms with Crippen molar-refractivity contribution < 1.29 is 9.53 Å². The second kappa shape index (κ2) is 4.86. The van der Waals surface area contributed by atoms with E-state index < -0.39 is 0 Å². The molecule has 0 aromatic carbocycles. The largest absolute Gasteiger partial charge is 0.469 e. The molecule has 2 atom stereocenters. The van der Waals surface area contributed by atoms with E-state index in [-0.39, 0.29) is 11.9 Å². The highest BCUT2D eigenvalue weighted by Gasteiger charge is 2.35. The topological polar surface area (TPSA) is 26.3 Å². The van der Waals surface area contributed by atoms with Crippen molar-refractivity contribution in [3.8, 4) is 0 Å². The van der Waals surface area contributed by atoms with E-state index >= 15 is 0 Å². The number of ether oxygens (including phenoxy) is 1. The monoisotopic (exact) mass is 220 g/mol. The Labute approximate surface area is 97.4 Å². The first-order valence-corrected chi connectivity index (χ1v) is 6.25. The van der Waals surface area contributed by atoms with E-state index in [4.69, 9.17) is 4.74 Å². The van der Waals surface area contributed by atoms with Gasteiger partial charge in [-0.15, -0.1) is 0 Å². The molecule has 16 heavy (non-hydrogen) atoms. The van der Waals surface area contributed by atoms with Crippen molar-refractivity contribution in [1.29, 1.82) is 0 Å². The zero-order valence-corrected chi connectivity index (χ0v) is 10.2. The van der Waals surface area contributed by atoms with Gasteiger partial charge in [0.25, 0.3) is 0 Å². The van der Waals surface area contributed by atoms with Gasteiger partial charge in [0.15, 0.2) is 0 Å². The Morgan fingerprint density at radius 2 is 2.25 bits per heavy atom. The summed E-state index contributed by atoms with van der Waals surface area (Å²) in [5.74, 6) is 0.421. The van der Waals surface area contributed by atoms with E-state index in [1.807, 2.05) is 0 Å². The Balaban J connectivity index is 2.18. The van der Waals surface area contributed by atoms with Gasteiger partial charge in [-0.1, -0.05) is 19.1 Å². The van der Waals surface area contributed by atoms with Crippen LogP contribution in [0.25, 0.3) is 0 Å². The van der Waals surface area contributed by atoms with Gasteiger partial charge in [0.2, 0.25) is 0 Å². The van der Waals surface area contributed by atoms with Crippen LogP contribution in [0.1, 0.15) is 39.0 Å². The molecular weight excluding hydrogens is 200 g/mol. The number of hydrogen-bond donors (Lipinski definition) is 0. The molecule has 1 fully saturated rings. The summed E-state index contributed by atoms with van der Waals surface area (Å²) in [4.78, 5) is 11.7. The van der Waals surface area contributed by atoms with Crippen molar-refractivity contribution in [2.24, 2.45) is 11.8 Å². The zero-order valence-electron chi connectivity index (χ0n) is 10.2. The van der Waals surface area contributed by atoms with Gasteiger partial charge in [-0.3, -0.25) is 4.79 Å². The van der Waals surface area contributed by atoms with Crippen LogP contribution in [0.15, 0.2) is 23.3 Å². The lowest BCUT2D eigenvalue weighted by molar-refractivity contribution is -0.147. The SMILES string of the molecule is CCC(C(=O)OC)C1CCC2=CCCC=C21. The average molecular weight is 220 g/mol. The van der Waals surface area contributed by atoms with Gasteiger partial charge in [-0.05, 0) is 49.2 Å². The van der Waals surface area contributed by atoms with Crippen molar-refractivity contribution in [1.82, 2.24) is 0 Å². The molecule has 0 saturated heterocycles. The second-order valence-corrected chi connectivity index (χ2v) is 4.65. The van der Waals surface area contributed by atoms with Gasteiger partial charge in [0, 0.05) is 0 Å². The van der Waals surface area contributed by atoms with Gasteiger partial charge in [-0.25, -0.2) is 0 Å². The third-order valence-electron chi connectivity index (χ3n) is 3.85. The maximum Gasteiger partial charge on any atom is 0.309 e. The van der Waals surface area contributed by atoms with Crippen LogP contribution in [-0.2, 0) is 9.53 Å². The lowest BCUT2D eigenvalue weighted by atomic mass is 9.83. The highest BCUT2D eigenvalue weighted by atomic mass is 16.5. The van der Waals surface area contributed by atoms with Crippen molar-refractivity contribution >= 4 is 5.97 Å². The summed E-state index contributed by atoms with van der Waals surface area (Å²) in [5.41, 5.74) is 2.92. The molecule has 2 heteroatoms. The van der Waals surface area contributed by atoms with Crippen molar-refractivity contribution in [2.75, 3.05) is 7.11 Å². The lowest BCUT2D eigenvalue weighted by Gasteiger charge is -2.22. The minimum absolute atomic E-state index is 0.0415. The smallest absolute Gasteiger partial charge is 0.309 e. The van der Waals surface area contributed by atoms with Crippen molar-refractivity contribution in [2.45, 2.75) is 39.0 Å². The number of carbonyl (C=O) groups excluding carboxylic acids is 1. The van der Waals surface area contributed by atoms with Crippen molar-refractivity contribution in [3.05, 3.63) is 23.3 Å². The number of esters is 1. The number of rotatable bonds is 3. The predicted molar refractivity (Wildman–Crippen MR) is 63.9 cm³/mol. The molecule has 2 rings (SSSR count). The van der Waals surface area contributed by atoms with Crippen LogP contribution < -0.4 is 0 Å². The number of fused-ring (bicyclic) bond motifs is 1. The number of allylic oxidation sites excluding steroid dienone is 4. The molecule has 0 aliphatic heterocycles. The van der Waals surface area contributed by atoms with Gasteiger partial charge >= 0.3 is 5.97 Å². The maximum atomic E-state index is 11.7. The van der Waals surface area contributed by atoms with Gasteiger partial charge < -0.3 is 4.74 Å². The minimum atomic E-state index is -0.0415. The molecule has 0 radical (unpaired) electrons. The minimum Gasteiger partial charge on any atom is -0.469 e. The molecule has 2 nitrogen and oxygen atoms in total. The lowest BCUT2D eigenvalue weighted by Crippen LogP contribution is -2.24. The summed E-state index contributed by atoms with van der Waals surface area (Å²) in [6.45, 7) is 2.08. The molecule has 1 saturated carbocycles. The summed E-state index contributed by atoms with van der Waals surface area (Å²) >= 11 is 0. The summed E-state index contributed by atoms with van der Waals surface area (Å²) in [7, 11) is 1.49. The van der Waals surface area contributed by atoms with E-state index in [1.165, 1.54) is 24.7 Å². The van der Waals surface area contributed by atoms with Crippen LogP contribution in [0.4, 0.5) is 0 Å². The first-order valence-electron chi connectivity index (χ1n) is 6.25. The summed E-state index contributed by atoms with van der Waals surface area (Å²) in [6, 6.07) is 0. The van der Waals surface area contributed by atoms with Crippen LogP contribution in [0.2, 0.25) is 0 Å². The highest BCUT2D eigenvalue weighted by molar-refractivity contribution is 5.73. The number of methoxy groups -OCH3 is 1. The van der Waals surface area contributed by atoms with E-state index in [9.17, 15) is 4.79 Å². The quantitative estimate of drug-likeness (QED) is 0.682. The molecule has 2 aliphatic rings.